The first-order valence-corrected chi connectivity index (χ1v) is 7.32. The molecule has 0 fully saturated rings. The molecule has 1 N–H and O–H groups in total. The molecule has 2 nitrogen and oxygen atoms in total. The van der Waals surface area contributed by atoms with Crippen LogP contribution in [0.2, 0.25) is 0 Å². The summed E-state index contributed by atoms with van der Waals surface area (Å²) in [5.41, 5.74) is -0.503. The molecule has 114 valence electrons. The molecule has 0 aromatic heterocycles. The van der Waals surface area contributed by atoms with Crippen LogP contribution in [0, 0.1) is 0 Å². The Balaban J connectivity index is 2.61. The summed E-state index contributed by atoms with van der Waals surface area (Å²) in [7, 11) is 2.00. The molecule has 0 radical (unpaired) electrons. The number of hydrogen-bond donors (Lipinski definition) is 1. The Hall–Kier alpha value is -0.750. The number of anilines is 1. The zero-order valence-electron chi connectivity index (χ0n) is 11.9. The van der Waals surface area contributed by atoms with E-state index in [1.54, 1.807) is 0 Å². The van der Waals surface area contributed by atoms with Gasteiger partial charge < -0.3 is 10.2 Å². The highest BCUT2D eigenvalue weighted by molar-refractivity contribution is 9.10. The van der Waals surface area contributed by atoms with Crippen LogP contribution in [-0.4, -0.2) is 31.1 Å². The van der Waals surface area contributed by atoms with Crippen molar-refractivity contribution in [3.05, 3.63) is 28.2 Å². The van der Waals surface area contributed by atoms with Crippen molar-refractivity contribution < 1.29 is 13.2 Å². The fraction of sp³-hybridized carbons (Fsp3) is 0.571. The van der Waals surface area contributed by atoms with Gasteiger partial charge in [0.1, 0.15) is 0 Å². The minimum Gasteiger partial charge on any atom is -0.384 e. The fourth-order valence-corrected chi connectivity index (χ4v) is 2.08. The lowest BCUT2D eigenvalue weighted by Crippen LogP contribution is -2.28. The van der Waals surface area contributed by atoms with E-state index in [2.05, 4.69) is 40.0 Å². The minimum absolute atomic E-state index is 0.124. The summed E-state index contributed by atoms with van der Waals surface area (Å²) in [4.78, 5) is 2.16. The van der Waals surface area contributed by atoms with Crippen molar-refractivity contribution >= 4 is 21.6 Å². The first kappa shape index (κ1) is 17.3. The minimum atomic E-state index is -4.34. The SMILES string of the molecule is CC(C)N(C)CCCNc1cc(Br)ccc1C(F)(F)F. The van der Waals surface area contributed by atoms with Gasteiger partial charge in [0.25, 0.3) is 0 Å². The second-order valence-corrected chi connectivity index (χ2v) is 5.96. The Morgan fingerprint density at radius 1 is 1.30 bits per heavy atom. The number of rotatable bonds is 6. The first-order valence-electron chi connectivity index (χ1n) is 6.52. The van der Waals surface area contributed by atoms with E-state index >= 15 is 0 Å². The molecule has 0 saturated carbocycles. The monoisotopic (exact) mass is 352 g/mol. The molecule has 0 heterocycles. The second kappa shape index (κ2) is 7.31. The maximum Gasteiger partial charge on any atom is 0.418 e. The first-order chi connectivity index (χ1) is 9.21. The molecule has 1 rings (SSSR count). The van der Waals surface area contributed by atoms with Crippen molar-refractivity contribution in [3.8, 4) is 0 Å². The maximum atomic E-state index is 12.9. The summed E-state index contributed by atoms with van der Waals surface area (Å²) in [5.74, 6) is 0. The average Bonchev–Trinajstić information content (AvgIpc) is 2.32. The number of benzene rings is 1. The van der Waals surface area contributed by atoms with Gasteiger partial charge in [0.2, 0.25) is 0 Å². The molecule has 0 atom stereocenters. The van der Waals surface area contributed by atoms with E-state index in [0.717, 1.165) is 19.0 Å². The van der Waals surface area contributed by atoms with Crippen LogP contribution in [0.5, 0.6) is 0 Å². The van der Waals surface area contributed by atoms with E-state index in [1.807, 2.05) is 7.05 Å². The van der Waals surface area contributed by atoms with Crippen LogP contribution < -0.4 is 5.32 Å². The van der Waals surface area contributed by atoms with E-state index in [0.29, 0.717) is 17.1 Å². The Labute approximate surface area is 126 Å². The largest absolute Gasteiger partial charge is 0.418 e. The van der Waals surface area contributed by atoms with Gasteiger partial charge in [-0.3, -0.25) is 0 Å². The van der Waals surface area contributed by atoms with E-state index in [9.17, 15) is 13.2 Å². The Morgan fingerprint density at radius 3 is 2.50 bits per heavy atom. The van der Waals surface area contributed by atoms with E-state index in [1.165, 1.54) is 12.1 Å². The molecule has 6 heteroatoms. The lowest BCUT2D eigenvalue weighted by molar-refractivity contribution is -0.137. The van der Waals surface area contributed by atoms with Crippen LogP contribution in [0.4, 0.5) is 18.9 Å². The van der Waals surface area contributed by atoms with Gasteiger partial charge in [0.15, 0.2) is 0 Å². The van der Waals surface area contributed by atoms with Gasteiger partial charge in [0, 0.05) is 22.7 Å². The van der Waals surface area contributed by atoms with Gasteiger partial charge in [0.05, 0.1) is 5.56 Å². The summed E-state index contributed by atoms with van der Waals surface area (Å²) in [5, 5.41) is 2.88. The van der Waals surface area contributed by atoms with Gasteiger partial charge in [-0.1, -0.05) is 15.9 Å². The quantitative estimate of drug-likeness (QED) is 0.752. The van der Waals surface area contributed by atoms with Crippen molar-refractivity contribution in [2.75, 3.05) is 25.5 Å². The van der Waals surface area contributed by atoms with Crippen LogP contribution in [0.3, 0.4) is 0 Å². The second-order valence-electron chi connectivity index (χ2n) is 5.04. The molecule has 1 aromatic carbocycles. The predicted molar refractivity (Wildman–Crippen MR) is 80.0 cm³/mol. The number of nitrogens with one attached hydrogen (secondary N) is 1. The third kappa shape index (κ3) is 5.32. The molecule has 0 bridgehead atoms. The van der Waals surface area contributed by atoms with Gasteiger partial charge in [-0.25, -0.2) is 0 Å². The number of hydrogen-bond acceptors (Lipinski definition) is 2. The van der Waals surface area contributed by atoms with Crippen LogP contribution in [-0.2, 0) is 6.18 Å². The highest BCUT2D eigenvalue weighted by atomic mass is 79.9. The van der Waals surface area contributed by atoms with Crippen molar-refractivity contribution in [2.24, 2.45) is 0 Å². The molecule has 0 unspecified atom stereocenters. The smallest absolute Gasteiger partial charge is 0.384 e. The molecule has 0 aliphatic heterocycles. The van der Waals surface area contributed by atoms with Crippen molar-refractivity contribution in [3.63, 3.8) is 0 Å². The normalized spacial score (nSPS) is 12.2. The highest BCUT2D eigenvalue weighted by Crippen LogP contribution is 2.36. The van der Waals surface area contributed by atoms with Crippen LogP contribution in [0.1, 0.15) is 25.8 Å². The topological polar surface area (TPSA) is 15.3 Å². The standard InChI is InChI=1S/C14H20BrF3N2/c1-10(2)20(3)8-4-7-19-13-9-11(15)5-6-12(13)14(16,17)18/h5-6,9-10,19H,4,7-8H2,1-3H3. The lowest BCUT2D eigenvalue weighted by Gasteiger charge is -2.21. The number of nitrogens with zero attached hydrogens (tertiary/aromatic N) is 1. The third-order valence-electron chi connectivity index (χ3n) is 3.17. The van der Waals surface area contributed by atoms with Gasteiger partial charge in [-0.2, -0.15) is 13.2 Å². The molecule has 0 aliphatic rings. The van der Waals surface area contributed by atoms with Crippen LogP contribution in [0.25, 0.3) is 0 Å². The highest BCUT2D eigenvalue weighted by Gasteiger charge is 2.33. The Bertz CT molecular complexity index is 433. The predicted octanol–water partition coefficient (Wildman–Crippen LogP) is 4.61. The number of alkyl halides is 3. The summed E-state index contributed by atoms with van der Waals surface area (Å²) >= 11 is 3.20. The van der Waals surface area contributed by atoms with Crippen LogP contribution >= 0.6 is 15.9 Å². The van der Waals surface area contributed by atoms with Crippen LogP contribution in [0.15, 0.2) is 22.7 Å². The third-order valence-corrected chi connectivity index (χ3v) is 3.66. The fourth-order valence-electron chi connectivity index (χ4n) is 1.72. The lowest BCUT2D eigenvalue weighted by atomic mass is 10.1. The van der Waals surface area contributed by atoms with Gasteiger partial charge >= 0.3 is 6.18 Å². The zero-order chi connectivity index (χ0) is 15.3. The summed E-state index contributed by atoms with van der Waals surface area (Å²) in [6, 6.07) is 4.40. The van der Waals surface area contributed by atoms with Crippen molar-refractivity contribution in [1.82, 2.24) is 4.90 Å². The Kier molecular flexibility index (Phi) is 6.33. The number of halogens is 4. The average molecular weight is 353 g/mol. The summed E-state index contributed by atoms with van der Waals surface area (Å²) < 4.78 is 39.2. The molecule has 20 heavy (non-hydrogen) atoms. The zero-order valence-corrected chi connectivity index (χ0v) is 13.5. The maximum absolute atomic E-state index is 12.9. The molecular formula is C14H20BrF3N2. The van der Waals surface area contributed by atoms with E-state index in [4.69, 9.17) is 0 Å². The van der Waals surface area contributed by atoms with Gasteiger partial charge in [-0.05, 0) is 52.1 Å². The Morgan fingerprint density at radius 2 is 1.95 bits per heavy atom. The van der Waals surface area contributed by atoms with Crippen molar-refractivity contribution in [1.29, 1.82) is 0 Å². The summed E-state index contributed by atoms with van der Waals surface area (Å²) in [6.07, 6.45) is -3.55. The molecule has 0 spiro atoms. The molecule has 0 aliphatic carbocycles. The van der Waals surface area contributed by atoms with Gasteiger partial charge in [-0.15, -0.1) is 0 Å². The van der Waals surface area contributed by atoms with Crippen molar-refractivity contribution in [2.45, 2.75) is 32.5 Å². The molecule has 1 aromatic rings. The van der Waals surface area contributed by atoms with E-state index in [-0.39, 0.29) is 5.69 Å². The molecule has 0 amide bonds. The molecule has 0 saturated heterocycles. The summed E-state index contributed by atoms with van der Waals surface area (Å²) in [6.45, 7) is 5.53. The van der Waals surface area contributed by atoms with E-state index < -0.39 is 11.7 Å². The molecular weight excluding hydrogens is 333 g/mol.